The molecule has 0 aliphatic rings. The Morgan fingerprint density at radius 2 is 1.90 bits per heavy atom. The minimum absolute atomic E-state index is 0.215. The van der Waals surface area contributed by atoms with Crippen molar-refractivity contribution in [1.82, 2.24) is 9.88 Å². The van der Waals surface area contributed by atoms with Gasteiger partial charge in [-0.3, -0.25) is 9.88 Å². The van der Waals surface area contributed by atoms with Crippen molar-refractivity contribution in [3.8, 4) is 0 Å². The molecule has 2 rings (SSSR count). The second-order valence-electron chi connectivity index (χ2n) is 4.97. The van der Waals surface area contributed by atoms with Gasteiger partial charge in [0, 0.05) is 30.0 Å². The van der Waals surface area contributed by atoms with Gasteiger partial charge in [0.2, 0.25) is 0 Å². The van der Waals surface area contributed by atoms with E-state index in [0.717, 1.165) is 5.56 Å². The summed E-state index contributed by atoms with van der Waals surface area (Å²) in [6.45, 7) is 2.66. The van der Waals surface area contributed by atoms with E-state index in [2.05, 4.69) is 16.8 Å². The molecule has 0 aliphatic carbocycles. The zero-order valence-corrected chi connectivity index (χ0v) is 12.5. The predicted octanol–water partition coefficient (Wildman–Crippen LogP) is 3.46. The van der Waals surface area contributed by atoms with Crippen LogP contribution in [0.4, 0.5) is 0 Å². The van der Waals surface area contributed by atoms with Gasteiger partial charge in [0.15, 0.2) is 0 Å². The smallest absolute Gasteiger partial charge is 0.0917 e. The van der Waals surface area contributed by atoms with Crippen molar-refractivity contribution in [2.24, 2.45) is 0 Å². The van der Waals surface area contributed by atoms with Crippen LogP contribution < -0.4 is 0 Å². The van der Waals surface area contributed by atoms with Crippen LogP contribution >= 0.6 is 11.6 Å². The Bertz CT molecular complexity index is 547. The summed E-state index contributed by atoms with van der Waals surface area (Å²) in [6.07, 6.45) is 3.02. The van der Waals surface area contributed by atoms with Crippen molar-refractivity contribution in [2.75, 3.05) is 13.6 Å². The molecule has 1 aromatic carbocycles. The summed E-state index contributed by atoms with van der Waals surface area (Å²) < 4.78 is 0. The highest BCUT2D eigenvalue weighted by Crippen LogP contribution is 2.23. The molecule has 2 atom stereocenters. The van der Waals surface area contributed by atoms with E-state index in [-0.39, 0.29) is 6.04 Å². The summed E-state index contributed by atoms with van der Waals surface area (Å²) in [7, 11) is 2.00. The van der Waals surface area contributed by atoms with Crippen molar-refractivity contribution in [2.45, 2.75) is 19.1 Å². The molecule has 1 N–H and O–H groups in total. The topological polar surface area (TPSA) is 36.4 Å². The van der Waals surface area contributed by atoms with Crippen LogP contribution in [0.1, 0.15) is 30.2 Å². The molecule has 0 fully saturated rings. The highest BCUT2D eigenvalue weighted by molar-refractivity contribution is 6.30. The van der Waals surface area contributed by atoms with Gasteiger partial charge in [-0.05, 0) is 49.4 Å². The van der Waals surface area contributed by atoms with E-state index < -0.39 is 6.10 Å². The number of likely N-dealkylation sites (N-methyl/N-ethyl adjacent to an activating group) is 1. The maximum absolute atomic E-state index is 10.3. The Labute approximate surface area is 124 Å². The van der Waals surface area contributed by atoms with E-state index in [1.165, 1.54) is 5.56 Å². The van der Waals surface area contributed by atoms with Gasteiger partial charge in [0.25, 0.3) is 0 Å². The lowest BCUT2D eigenvalue weighted by Gasteiger charge is -2.27. The number of aromatic nitrogens is 1. The number of aliphatic hydroxyl groups is 1. The van der Waals surface area contributed by atoms with Gasteiger partial charge < -0.3 is 5.11 Å². The molecular weight excluding hydrogens is 272 g/mol. The Morgan fingerprint density at radius 3 is 2.55 bits per heavy atom. The number of aliphatic hydroxyl groups excluding tert-OH is 1. The van der Waals surface area contributed by atoms with Crippen LogP contribution in [-0.2, 0) is 0 Å². The standard InChI is InChI=1S/C16H19ClN2O/c1-12(13-6-8-18-9-7-13)19(2)11-16(20)14-4-3-5-15(17)10-14/h3-10,12,16,20H,11H2,1-2H3. The highest BCUT2D eigenvalue weighted by atomic mass is 35.5. The maximum atomic E-state index is 10.3. The fourth-order valence-corrected chi connectivity index (χ4v) is 2.35. The Balaban J connectivity index is 2.02. The average molecular weight is 291 g/mol. The van der Waals surface area contributed by atoms with Crippen LogP contribution in [-0.4, -0.2) is 28.6 Å². The lowest BCUT2D eigenvalue weighted by molar-refractivity contribution is 0.108. The van der Waals surface area contributed by atoms with Crippen LogP contribution in [0.2, 0.25) is 5.02 Å². The van der Waals surface area contributed by atoms with Crippen LogP contribution in [0, 0.1) is 0 Å². The molecule has 0 saturated carbocycles. The number of pyridine rings is 1. The molecule has 20 heavy (non-hydrogen) atoms. The molecule has 0 bridgehead atoms. The summed E-state index contributed by atoms with van der Waals surface area (Å²) >= 11 is 5.95. The van der Waals surface area contributed by atoms with E-state index in [9.17, 15) is 5.11 Å². The average Bonchev–Trinajstić information content (AvgIpc) is 2.47. The third kappa shape index (κ3) is 3.79. The first kappa shape index (κ1) is 15.0. The Kier molecular flexibility index (Phi) is 5.12. The van der Waals surface area contributed by atoms with E-state index >= 15 is 0 Å². The molecule has 106 valence electrons. The molecule has 0 spiro atoms. The molecule has 0 amide bonds. The van der Waals surface area contributed by atoms with Gasteiger partial charge in [0.05, 0.1) is 6.10 Å². The normalized spacial score (nSPS) is 14.2. The third-order valence-electron chi connectivity index (χ3n) is 3.54. The molecule has 1 aromatic heterocycles. The molecule has 1 heterocycles. The Morgan fingerprint density at radius 1 is 1.20 bits per heavy atom. The summed E-state index contributed by atoms with van der Waals surface area (Å²) in [6, 6.07) is 11.6. The first-order valence-corrected chi connectivity index (χ1v) is 6.99. The van der Waals surface area contributed by atoms with E-state index in [1.807, 2.05) is 31.3 Å². The number of halogens is 1. The van der Waals surface area contributed by atoms with Crippen molar-refractivity contribution in [3.05, 3.63) is 64.9 Å². The van der Waals surface area contributed by atoms with Crippen molar-refractivity contribution in [3.63, 3.8) is 0 Å². The fourth-order valence-electron chi connectivity index (χ4n) is 2.15. The van der Waals surface area contributed by atoms with E-state index in [0.29, 0.717) is 11.6 Å². The SMILES string of the molecule is CC(c1ccncc1)N(C)CC(O)c1cccc(Cl)c1. The van der Waals surface area contributed by atoms with Crippen molar-refractivity contribution >= 4 is 11.6 Å². The second kappa shape index (κ2) is 6.84. The second-order valence-corrected chi connectivity index (χ2v) is 5.40. The third-order valence-corrected chi connectivity index (χ3v) is 3.78. The number of benzene rings is 1. The molecular formula is C16H19ClN2O. The fraction of sp³-hybridized carbons (Fsp3) is 0.312. The van der Waals surface area contributed by atoms with Crippen molar-refractivity contribution in [1.29, 1.82) is 0 Å². The van der Waals surface area contributed by atoms with Crippen LogP contribution in [0.25, 0.3) is 0 Å². The number of hydrogen-bond acceptors (Lipinski definition) is 3. The number of nitrogens with zero attached hydrogens (tertiary/aromatic N) is 2. The molecule has 0 aliphatic heterocycles. The lowest BCUT2D eigenvalue weighted by atomic mass is 10.1. The number of rotatable bonds is 5. The summed E-state index contributed by atoms with van der Waals surface area (Å²) in [4.78, 5) is 6.13. The highest BCUT2D eigenvalue weighted by Gasteiger charge is 2.16. The summed E-state index contributed by atoms with van der Waals surface area (Å²) in [5.74, 6) is 0. The monoisotopic (exact) mass is 290 g/mol. The predicted molar refractivity (Wildman–Crippen MR) is 81.7 cm³/mol. The zero-order valence-electron chi connectivity index (χ0n) is 11.7. The van der Waals surface area contributed by atoms with Gasteiger partial charge in [-0.25, -0.2) is 0 Å². The zero-order chi connectivity index (χ0) is 14.5. The first-order chi connectivity index (χ1) is 9.58. The van der Waals surface area contributed by atoms with Gasteiger partial charge in [-0.1, -0.05) is 23.7 Å². The molecule has 3 nitrogen and oxygen atoms in total. The van der Waals surface area contributed by atoms with Crippen molar-refractivity contribution < 1.29 is 5.11 Å². The summed E-state index contributed by atoms with van der Waals surface area (Å²) in [5, 5.41) is 10.9. The summed E-state index contributed by atoms with van der Waals surface area (Å²) in [5.41, 5.74) is 2.02. The number of hydrogen-bond donors (Lipinski definition) is 1. The molecule has 4 heteroatoms. The van der Waals surface area contributed by atoms with Gasteiger partial charge >= 0.3 is 0 Å². The quantitative estimate of drug-likeness (QED) is 0.916. The van der Waals surface area contributed by atoms with Gasteiger partial charge in [-0.15, -0.1) is 0 Å². The maximum Gasteiger partial charge on any atom is 0.0917 e. The van der Waals surface area contributed by atoms with E-state index in [4.69, 9.17) is 11.6 Å². The molecule has 0 radical (unpaired) electrons. The van der Waals surface area contributed by atoms with Crippen LogP contribution in [0.5, 0.6) is 0 Å². The largest absolute Gasteiger partial charge is 0.387 e. The van der Waals surface area contributed by atoms with E-state index in [1.54, 1.807) is 24.5 Å². The minimum Gasteiger partial charge on any atom is -0.387 e. The minimum atomic E-state index is -0.553. The van der Waals surface area contributed by atoms with Gasteiger partial charge in [-0.2, -0.15) is 0 Å². The lowest BCUT2D eigenvalue weighted by Crippen LogP contribution is -2.27. The molecule has 2 aromatic rings. The molecule has 0 saturated heterocycles. The first-order valence-electron chi connectivity index (χ1n) is 6.61. The van der Waals surface area contributed by atoms with Gasteiger partial charge in [0.1, 0.15) is 0 Å². The van der Waals surface area contributed by atoms with Crippen LogP contribution in [0.3, 0.4) is 0 Å². The Hall–Kier alpha value is -1.42. The van der Waals surface area contributed by atoms with Crippen LogP contribution in [0.15, 0.2) is 48.8 Å². The molecule has 2 unspecified atom stereocenters.